The van der Waals surface area contributed by atoms with Gasteiger partial charge in [-0.1, -0.05) is 168 Å². The van der Waals surface area contributed by atoms with Crippen LogP contribution in [0.15, 0.2) is 0 Å². The zero-order valence-corrected chi connectivity index (χ0v) is 25.2. The SMILES string of the molecule is CCCCCCCCCCCCCCCC(=O)OC(=O)C(S)CCCCCCCCCCCCCC. The van der Waals surface area contributed by atoms with Gasteiger partial charge in [-0.3, -0.25) is 9.59 Å². The van der Waals surface area contributed by atoms with Crippen molar-refractivity contribution in [3.63, 3.8) is 0 Å². The lowest BCUT2D eigenvalue weighted by Gasteiger charge is -2.09. The van der Waals surface area contributed by atoms with Crippen molar-refractivity contribution < 1.29 is 14.3 Å². The van der Waals surface area contributed by atoms with Crippen molar-refractivity contribution in [1.29, 1.82) is 0 Å². The van der Waals surface area contributed by atoms with Gasteiger partial charge in [0.2, 0.25) is 0 Å². The van der Waals surface area contributed by atoms with Crippen LogP contribution in [0.5, 0.6) is 0 Å². The van der Waals surface area contributed by atoms with Crippen LogP contribution in [-0.4, -0.2) is 17.2 Å². The highest BCUT2D eigenvalue weighted by atomic mass is 32.1. The second-order valence-electron chi connectivity index (χ2n) is 11.0. The summed E-state index contributed by atoms with van der Waals surface area (Å²) in [6.07, 6.45) is 33.2. The molecule has 36 heavy (non-hydrogen) atoms. The average Bonchev–Trinajstić information content (AvgIpc) is 2.87. The van der Waals surface area contributed by atoms with Crippen LogP contribution in [-0.2, 0) is 14.3 Å². The summed E-state index contributed by atoms with van der Waals surface area (Å²) in [5, 5.41) is -0.469. The molecule has 1 atom stereocenters. The molecule has 4 heteroatoms. The molecule has 0 heterocycles. The summed E-state index contributed by atoms with van der Waals surface area (Å²) < 4.78 is 5.02. The fourth-order valence-corrected chi connectivity index (χ4v) is 5.05. The molecular formula is C32H62O3S. The van der Waals surface area contributed by atoms with Crippen LogP contribution in [0, 0.1) is 0 Å². The molecular weight excluding hydrogens is 464 g/mol. The minimum atomic E-state index is -0.469. The summed E-state index contributed by atoms with van der Waals surface area (Å²) in [6, 6.07) is 0. The van der Waals surface area contributed by atoms with Crippen molar-refractivity contribution in [3.8, 4) is 0 Å². The maximum Gasteiger partial charge on any atom is 0.326 e. The number of hydrogen-bond acceptors (Lipinski definition) is 4. The van der Waals surface area contributed by atoms with E-state index in [0.717, 1.165) is 25.7 Å². The van der Waals surface area contributed by atoms with Gasteiger partial charge in [0.25, 0.3) is 0 Å². The Morgan fingerprint density at radius 3 is 1.17 bits per heavy atom. The van der Waals surface area contributed by atoms with Gasteiger partial charge < -0.3 is 4.74 Å². The molecule has 1 unspecified atom stereocenters. The first-order valence-electron chi connectivity index (χ1n) is 16.0. The summed E-state index contributed by atoms with van der Waals surface area (Å²) >= 11 is 4.37. The van der Waals surface area contributed by atoms with E-state index in [9.17, 15) is 9.59 Å². The third-order valence-electron chi connectivity index (χ3n) is 7.30. The van der Waals surface area contributed by atoms with Gasteiger partial charge in [-0.25, -0.2) is 0 Å². The number of unbranched alkanes of at least 4 members (excludes halogenated alkanes) is 23. The lowest BCUT2D eigenvalue weighted by atomic mass is 10.0. The van der Waals surface area contributed by atoms with Crippen LogP contribution < -0.4 is 0 Å². The lowest BCUT2D eigenvalue weighted by Crippen LogP contribution is -2.21. The molecule has 0 saturated heterocycles. The average molecular weight is 527 g/mol. The van der Waals surface area contributed by atoms with Crippen molar-refractivity contribution >= 4 is 24.6 Å². The predicted octanol–water partition coefficient (Wildman–Crippen LogP) is 10.9. The molecule has 0 aromatic rings. The molecule has 0 aromatic carbocycles. The summed E-state index contributed by atoms with van der Waals surface area (Å²) in [5.74, 6) is -0.835. The van der Waals surface area contributed by atoms with Crippen molar-refractivity contribution in [1.82, 2.24) is 0 Å². The van der Waals surface area contributed by atoms with Crippen molar-refractivity contribution in [3.05, 3.63) is 0 Å². The summed E-state index contributed by atoms with van der Waals surface area (Å²) in [6.45, 7) is 4.53. The second kappa shape index (κ2) is 29.1. The number of hydrogen-bond donors (Lipinski definition) is 1. The monoisotopic (exact) mass is 526 g/mol. The largest absolute Gasteiger partial charge is 0.392 e. The van der Waals surface area contributed by atoms with E-state index in [0.29, 0.717) is 12.8 Å². The Morgan fingerprint density at radius 1 is 0.500 bits per heavy atom. The van der Waals surface area contributed by atoms with E-state index in [4.69, 9.17) is 4.74 Å². The maximum atomic E-state index is 12.1. The van der Waals surface area contributed by atoms with Gasteiger partial charge in [0, 0.05) is 6.42 Å². The Balaban J connectivity index is 3.43. The first-order chi connectivity index (χ1) is 17.6. The Hall–Kier alpha value is -0.510. The molecule has 214 valence electrons. The summed E-state index contributed by atoms with van der Waals surface area (Å²) in [5.41, 5.74) is 0. The maximum absolute atomic E-state index is 12.1. The first-order valence-corrected chi connectivity index (χ1v) is 16.6. The summed E-state index contributed by atoms with van der Waals surface area (Å²) in [7, 11) is 0. The summed E-state index contributed by atoms with van der Waals surface area (Å²) in [4.78, 5) is 24.1. The highest BCUT2D eigenvalue weighted by molar-refractivity contribution is 7.81. The van der Waals surface area contributed by atoms with E-state index >= 15 is 0 Å². The van der Waals surface area contributed by atoms with Gasteiger partial charge in [0.1, 0.15) is 5.25 Å². The van der Waals surface area contributed by atoms with Gasteiger partial charge in [-0.15, -0.1) is 0 Å². The molecule has 0 fully saturated rings. The molecule has 0 aromatic heterocycles. The van der Waals surface area contributed by atoms with Crippen LogP contribution in [0.3, 0.4) is 0 Å². The smallest absolute Gasteiger partial charge is 0.326 e. The number of rotatable bonds is 28. The van der Waals surface area contributed by atoms with Crippen LogP contribution in [0.4, 0.5) is 0 Å². The standard InChI is InChI=1S/C32H62O3S/c1-3-5-7-9-11-13-15-17-19-21-23-25-27-29-31(33)35-32(34)30(36)28-26-24-22-20-18-16-14-12-10-8-6-4-2/h30,36H,3-29H2,1-2H3. The fraction of sp³-hybridized carbons (Fsp3) is 0.938. The number of esters is 2. The third kappa shape index (κ3) is 26.6. The van der Waals surface area contributed by atoms with Gasteiger partial charge in [0.15, 0.2) is 0 Å². The predicted molar refractivity (Wildman–Crippen MR) is 160 cm³/mol. The van der Waals surface area contributed by atoms with E-state index in [-0.39, 0.29) is 5.97 Å². The third-order valence-corrected chi connectivity index (χ3v) is 7.77. The van der Waals surface area contributed by atoms with Crippen LogP contribution in [0.2, 0.25) is 0 Å². The lowest BCUT2D eigenvalue weighted by molar-refractivity contribution is -0.159. The van der Waals surface area contributed by atoms with Crippen molar-refractivity contribution in [2.24, 2.45) is 0 Å². The fourth-order valence-electron chi connectivity index (χ4n) is 4.81. The van der Waals surface area contributed by atoms with E-state index in [1.165, 1.54) is 135 Å². The van der Waals surface area contributed by atoms with Crippen LogP contribution >= 0.6 is 12.6 Å². The molecule has 0 amide bonds. The molecule has 0 N–H and O–H groups in total. The molecule has 0 rings (SSSR count). The molecule has 0 aliphatic heterocycles. The molecule has 0 radical (unpaired) electrons. The molecule has 0 aliphatic rings. The molecule has 0 spiro atoms. The Morgan fingerprint density at radius 2 is 0.806 bits per heavy atom. The topological polar surface area (TPSA) is 43.4 Å². The Bertz CT molecular complexity index is 480. The Kier molecular flexibility index (Phi) is 28.6. The molecule has 3 nitrogen and oxygen atoms in total. The van der Waals surface area contributed by atoms with Gasteiger partial charge in [0.05, 0.1) is 0 Å². The van der Waals surface area contributed by atoms with E-state index in [2.05, 4.69) is 26.5 Å². The molecule has 0 saturated carbocycles. The minimum Gasteiger partial charge on any atom is -0.392 e. The number of carbonyl (C=O) groups is 2. The zero-order valence-electron chi connectivity index (χ0n) is 24.3. The zero-order chi connectivity index (χ0) is 26.5. The molecule has 0 aliphatic carbocycles. The highest BCUT2D eigenvalue weighted by Gasteiger charge is 2.18. The first kappa shape index (κ1) is 35.5. The van der Waals surface area contributed by atoms with Crippen molar-refractivity contribution in [2.45, 2.75) is 192 Å². The van der Waals surface area contributed by atoms with Gasteiger partial charge >= 0.3 is 11.9 Å². The van der Waals surface area contributed by atoms with E-state index in [1.807, 2.05) is 0 Å². The number of ether oxygens (including phenoxy) is 1. The van der Waals surface area contributed by atoms with E-state index in [1.54, 1.807) is 0 Å². The van der Waals surface area contributed by atoms with E-state index < -0.39 is 11.2 Å². The van der Waals surface area contributed by atoms with Crippen LogP contribution in [0.1, 0.15) is 187 Å². The number of carbonyl (C=O) groups excluding carboxylic acids is 2. The van der Waals surface area contributed by atoms with Gasteiger partial charge in [-0.05, 0) is 12.8 Å². The normalized spacial score (nSPS) is 12.1. The van der Waals surface area contributed by atoms with Gasteiger partial charge in [-0.2, -0.15) is 12.6 Å². The quantitative estimate of drug-likeness (QED) is 0.0477. The minimum absolute atomic E-state index is 0.350. The highest BCUT2D eigenvalue weighted by Crippen LogP contribution is 2.16. The van der Waals surface area contributed by atoms with Crippen molar-refractivity contribution in [2.75, 3.05) is 0 Å². The second-order valence-corrected chi connectivity index (χ2v) is 11.6. The Labute approximate surface area is 231 Å². The molecule has 0 bridgehead atoms. The van der Waals surface area contributed by atoms with Crippen LogP contribution in [0.25, 0.3) is 0 Å². The number of thiol groups is 1.